The van der Waals surface area contributed by atoms with E-state index in [0.717, 1.165) is 29.5 Å². The molecule has 1 aromatic heterocycles. The van der Waals surface area contributed by atoms with Gasteiger partial charge in [-0.25, -0.2) is 0 Å². The van der Waals surface area contributed by atoms with Gasteiger partial charge >= 0.3 is 0 Å². The summed E-state index contributed by atoms with van der Waals surface area (Å²) in [5, 5.41) is 2.36. The summed E-state index contributed by atoms with van der Waals surface area (Å²) >= 11 is 0. The molecule has 5 heteroatoms. The molecular weight excluding hydrogens is 316 g/mol. The molecule has 0 unspecified atom stereocenters. The number of hydrogen-bond acceptors (Lipinski definition) is 3. The second kappa shape index (κ2) is 5.57. The van der Waals surface area contributed by atoms with Crippen molar-refractivity contribution >= 4 is 0 Å². The van der Waals surface area contributed by atoms with E-state index in [9.17, 15) is 0 Å². The second-order valence-corrected chi connectivity index (χ2v) is 6.33. The molecule has 5 nitrogen and oxygen atoms in total. The molecule has 0 saturated carbocycles. The van der Waals surface area contributed by atoms with E-state index in [0.29, 0.717) is 6.79 Å². The van der Waals surface area contributed by atoms with Crippen LogP contribution in [0.1, 0.15) is 22.9 Å². The topological polar surface area (TPSA) is 49.2 Å². The van der Waals surface area contributed by atoms with Crippen LogP contribution in [0.3, 0.4) is 0 Å². The molecular formula is C20H19N2O3+. The summed E-state index contributed by atoms with van der Waals surface area (Å²) in [6, 6.07) is 17.0. The molecule has 2 N–H and O–H groups in total. The average Bonchev–Trinajstić information content (AvgIpc) is 3.28. The van der Waals surface area contributed by atoms with E-state index in [1.165, 1.54) is 16.8 Å². The molecule has 0 fully saturated rings. The first-order valence-electron chi connectivity index (χ1n) is 8.41. The fourth-order valence-electron chi connectivity index (χ4n) is 3.71. The summed E-state index contributed by atoms with van der Waals surface area (Å²) < 4.78 is 18.7. The molecule has 0 spiro atoms. The molecule has 1 atom stereocenters. The Morgan fingerprint density at radius 2 is 1.88 bits per heavy atom. The highest BCUT2D eigenvalue weighted by Gasteiger charge is 2.28. The number of nitrogens with two attached hydrogens (primary N) is 1. The molecule has 0 bridgehead atoms. The standard InChI is InChI=1S/C20H18N2O3/c1-23-15-6-4-13(5-7-15)20-16-3-2-8-22(16)17-10-19-18(24-12-25-19)9-14(17)11-21-20/h2-10,20-21H,11-12H2,1H3/p+1/t20-/m1/s1. The number of methoxy groups -OCH3 is 1. The maximum atomic E-state index is 5.57. The minimum Gasteiger partial charge on any atom is -0.497 e. The zero-order chi connectivity index (χ0) is 16.8. The van der Waals surface area contributed by atoms with Crippen LogP contribution in [0.4, 0.5) is 0 Å². The summed E-state index contributed by atoms with van der Waals surface area (Å²) in [5.41, 5.74) is 4.92. The number of benzene rings is 2. The lowest BCUT2D eigenvalue weighted by Gasteiger charge is -2.15. The molecule has 3 heterocycles. The van der Waals surface area contributed by atoms with Crippen molar-refractivity contribution in [1.29, 1.82) is 0 Å². The van der Waals surface area contributed by atoms with Crippen LogP contribution in [0.2, 0.25) is 0 Å². The number of hydrogen-bond donors (Lipinski definition) is 1. The Bertz CT molecular complexity index is 931. The fraction of sp³-hybridized carbons (Fsp3) is 0.200. The van der Waals surface area contributed by atoms with Gasteiger partial charge in [0.1, 0.15) is 12.3 Å². The Labute approximate surface area is 145 Å². The van der Waals surface area contributed by atoms with Crippen molar-refractivity contribution in [3.8, 4) is 22.9 Å². The minimum atomic E-state index is 0.227. The third-order valence-corrected chi connectivity index (χ3v) is 4.98. The summed E-state index contributed by atoms with van der Waals surface area (Å²) in [7, 11) is 1.69. The van der Waals surface area contributed by atoms with Gasteiger partial charge in [-0.2, -0.15) is 0 Å². The van der Waals surface area contributed by atoms with E-state index in [2.05, 4.69) is 52.5 Å². The SMILES string of the molecule is COc1ccc([C@H]2[NH2+]Cc3cc4c(cc3-n3cccc32)OCO4)cc1. The largest absolute Gasteiger partial charge is 0.497 e. The van der Waals surface area contributed by atoms with Crippen molar-refractivity contribution in [2.75, 3.05) is 13.9 Å². The van der Waals surface area contributed by atoms with Gasteiger partial charge in [0.05, 0.1) is 18.5 Å². The fourth-order valence-corrected chi connectivity index (χ4v) is 3.71. The van der Waals surface area contributed by atoms with Gasteiger partial charge in [0, 0.05) is 23.4 Å². The minimum absolute atomic E-state index is 0.227. The van der Waals surface area contributed by atoms with Gasteiger partial charge in [-0.05, 0) is 42.5 Å². The number of quaternary nitrogens is 1. The smallest absolute Gasteiger partial charge is 0.231 e. The molecule has 2 aromatic carbocycles. The van der Waals surface area contributed by atoms with Crippen molar-refractivity contribution in [2.45, 2.75) is 12.6 Å². The highest BCUT2D eigenvalue weighted by molar-refractivity contribution is 5.56. The van der Waals surface area contributed by atoms with E-state index < -0.39 is 0 Å². The number of ether oxygens (including phenoxy) is 3. The Balaban J connectivity index is 1.61. The first kappa shape index (κ1) is 14.4. The quantitative estimate of drug-likeness (QED) is 0.782. The van der Waals surface area contributed by atoms with Gasteiger partial charge in [0.25, 0.3) is 0 Å². The van der Waals surface area contributed by atoms with Gasteiger partial charge < -0.3 is 24.1 Å². The maximum Gasteiger partial charge on any atom is 0.231 e. The van der Waals surface area contributed by atoms with E-state index >= 15 is 0 Å². The monoisotopic (exact) mass is 335 g/mol. The summed E-state index contributed by atoms with van der Waals surface area (Å²) in [6.45, 7) is 1.18. The van der Waals surface area contributed by atoms with Crippen LogP contribution in [0.15, 0.2) is 54.7 Å². The highest BCUT2D eigenvalue weighted by atomic mass is 16.7. The van der Waals surface area contributed by atoms with Crippen LogP contribution in [-0.4, -0.2) is 18.5 Å². The van der Waals surface area contributed by atoms with Gasteiger partial charge in [0.2, 0.25) is 6.79 Å². The molecule has 0 amide bonds. The normalized spacial score (nSPS) is 17.6. The van der Waals surface area contributed by atoms with Crippen LogP contribution in [0.5, 0.6) is 17.2 Å². The van der Waals surface area contributed by atoms with E-state index in [1.54, 1.807) is 7.11 Å². The van der Waals surface area contributed by atoms with Crippen molar-refractivity contribution in [1.82, 2.24) is 4.57 Å². The third kappa shape index (κ3) is 2.27. The molecule has 2 aliphatic rings. The first-order valence-corrected chi connectivity index (χ1v) is 8.41. The molecule has 0 saturated heterocycles. The molecule has 0 radical (unpaired) electrons. The van der Waals surface area contributed by atoms with Gasteiger partial charge in [-0.3, -0.25) is 0 Å². The molecule has 0 aliphatic carbocycles. The zero-order valence-electron chi connectivity index (χ0n) is 13.9. The number of nitrogens with zero attached hydrogens (tertiary/aromatic N) is 1. The van der Waals surface area contributed by atoms with Crippen molar-refractivity contribution in [2.24, 2.45) is 0 Å². The van der Waals surface area contributed by atoms with Crippen LogP contribution >= 0.6 is 0 Å². The Hall–Kier alpha value is -2.92. The Morgan fingerprint density at radius 3 is 2.68 bits per heavy atom. The molecule has 5 rings (SSSR count). The molecule has 3 aromatic rings. The molecule has 2 aliphatic heterocycles. The van der Waals surface area contributed by atoms with Crippen LogP contribution < -0.4 is 19.5 Å². The average molecular weight is 335 g/mol. The zero-order valence-corrected chi connectivity index (χ0v) is 13.9. The maximum absolute atomic E-state index is 5.57. The second-order valence-electron chi connectivity index (χ2n) is 6.33. The summed E-state index contributed by atoms with van der Waals surface area (Å²) in [5.74, 6) is 2.53. The lowest BCUT2D eigenvalue weighted by atomic mass is 10.0. The Morgan fingerprint density at radius 1 is 1.08 bits per heavy atom. The van der Waals surface area contributed by atoms with Crippen LogP contribution in [-0.2, 0) is 6.54 Å². The predicted octanol–water partition coefficient (Wildman–Crippen LogP) is 2.38. The van der Waals surface area contributed by atoms with Crippen molar-refractivity contribution in [3.05, 3.63) is 71.5 Å². The highest BCUT2D eigenvalue weighted by Crippen LogP contribution is 2.38. The van der Waals surface area contributed by atoms with Crippen molar-refractivity contribution in [3.63, 3.8) is 0 Å². The van der Waals surface area contributed by atoms with Crippen LogP contribution in [0.25, 0.3) is 5.69 Å². The van der Waals surface area contributed by atoms with Gasteiger partial charge in [-0.1, -0.05) is 0 Å². The third-order valence-electron chi connectivity index (χ3n) is 4.98. The van der Waals surface area contributed by atoms with Crippen LogP contribution in [0, 0.1) is 0 Å². The predicted molar refractivity (Wildman–Crippen MR) is 92.4 cm³/mol. The molecule has 126 valence electrons. The van der Waals surface area contributed by atoms with E-state index in [4.69, 9.17) is 14.2 Å². The van der Waals surface area contributed by atoms with E-state index in [-0.39, 0.29) is 6.04 Å². The number of rotatable bonds is 2. The molecule has 25 heavy (non-hydrogen) atoms. The number of fused-ring (bicyclic) bond motifs is 4. The number of aromatic nitrogens is 1. The van der Waals surface area contributed by atoms with E-state index in [1.807, 2.05) is 12.1 Å². The lowest BCUT2D eigenvalue weighted by molar-refractivity contribution is -0.702. The van der Waals surface area contributed by atoms with Crippen molar-refractivity contribution < 1.29 is 19.5 Å². The Kier molecular flexibility index (Phi) is 3.21. The van der Waals surface area contributed by atoms with Gasteiger partial charge in [0.15, 0.2) is 17.5 Å². The first-order chi connectivity index (χ1) is 12.3. The summed E-state index contributed by atoms with van der Waals surface area (Å²) in [4.78, 5) is 0. The summed E-state index contributed by atoms with van der Waals surface area (Å²) in [6.07, 6.45) is 2.12. The van der Waals surface area contributed by atoms with Gasteiger partial charge in [-0.15, -0.1) is 0 Å². The lowest BCUT2D eigenvalue weighted by Crippen LogP contribution is -2.83.